The number of hydrogen-bond donors (Lipinski definition) is 0. The minimum absolute atomic E-state index is 0.634. The van der Waals surface area contributed by atoms with E-state index in [0.717, 1.165) is 22.2 Å². The third-order valence-corrected chi connectivity index (χ3v) is 5.74. The van der Waals surface area contributed by atoms with Crippen molar-refractivity contribution in [2.45, 2.75) is 6.92 Å². The molecule has 0 saturated carbocycles. The molecular formula is C28H20N4. The van der Waals surface area contributed by atoms with Crippen LogP contribution in [0.5, 0.6) is 0 Å². The number of rotatable bonds is 3. The molecule has 6 aromatic rings. The summed E-state index contributed by atoms with van der Waals surface area (Å²) in [6.07, 6.45) is 0. The number of benzene rings is 4. The van der Waals surface area contributed by atoms with Gasteiger partial charge in [-0.25, -0.2) is 4.98 Å². The molecule has 0 radical (unpaired) electrons. The van der Waals surface area contributed by atoms with Crippen LogP contribution in [-0.4, -0.2) is 19.5 Å². The Balaban J connectivity index is 1.56. The molecule has 0 saturated heterocycles. The van der Waals surface area contributed by atoms with Crippen molar-refractivity contribution >= 4 is 21.8 Å². The van der Waals surface area contributed by atoms with Gasteiger partial charge in [-0.15, -0.1) is 0 Å². The van der Waals surface area contributed by atoms with Gasteiger partial charge in [-0.05, 0) is 36.2 Å². The van der Waals surface area contributed by atoms with Crippen molar-refractivity contribution in [3.63, 3.8) is 0 Å². The van der Waals surface area contributed by atoms with Gasteiger partial charge in [0.1, 0.15) is 5.82 Å². The van der Waals surface area contributed by atoms with Crippen molar-refractivity contribution in [1.82, 2.24) is 19.5 Å². The monoisotopic (exact) mass is 412 g/mol. The van der Waals surface area contributed by atoms with Crippen LogP contribution in [0.3, 0.4) is 0 Å². The van der Waals surface area contributed by atoms with Crippen molar-refractivity contribution in [1.29, 1.82) is 0 Å². The zero-order valence-corrected chi connectivity index (χ0v) is 17.6. The van der Waals surface area contributed by atoms with E-state index in [1.54, 1.807) is 0 Å². The van der Waals surface area contributed by atoms with Crippen LogP contribution in [-0.2, 0) is 0 Å². The Morgan fingerprint density at radius 2 is 1.12 bits per heavy atom. The highest BCUT2D eigenvalue weighted by Crippen LogP contribution is 2.31. The van der Waals surface area contributed by atoms with Crippen LogP contribution in [0.15, 0.2) is 103 Å². The van der Waals surface area contributed by atoms with Gasteiger partial charge in [0.05, 0.1) is 11.0 Å². The van der Waals surface area contributed by atoms with Gasteiger partial charge in [-0.1, -0.05) is 84.9 Å². The number of fused-ring (bicyclic) bond motifs is 3. The summed E-state index contributed by atoms with van der Waals surface area (Å²) in [5.74, 6) is 2.00. The largest absolute Gasteiger partial charge is 0.278 e. The van der Waals surface area contributed by atoms with Crippen LogP contribution in [0, 0.1) is 6.92 Å². The minimum Gasteiger partial charge on any atom is -0.278 e. The van der Waals surface area contributed by atoms with Crippen LogP contribution in [0.25, 0.3) is 50.3 Å². The summed E-state index contributed by atoms with van der Waals surface area (Å²) in [5.41, 5.74) is 5.45. The Morgan fingerprint density at radius 3 is 1.84 bits per heavy atom. The fourth-order valence-corrected chi connectivity index (χ4v) is 4.30. The van der Waals surface area contributed by atoms with Gasteiger partial charge in [-0.2, -0.15) is 9.97 Å². The molecule has 4 nitrogen and oxygen atoms in total. The molecule has 32 heavy (non-hydrogen) atoms. The van der Waals surface area contributed by atoms with Crippen LogP contribution in [0.1, 0.15) is 5.82 Å². The Hall–Kier alpha value is -4.31. The second-order valence-electron chi connectivity index (χ2n) is 7.82. The van der Waals surface area contributed by atoms with Gasteiger partial charge >= 0.3 is 0 Å². The molecule has 2 aromatic heterocycles. The number of hydrogen-bond acceptors (Lipinski definition) is 3. The predicted octanol–water partition coefficient (Wildman–Crippen LogP) is 6.61. The smallest absolute Gasteiger partial charge is 0.238 e. The van der Waals surface area contributed by atoms with E-state index in [9.17, 15) is 0 Å². The molecule has 0 atom stereocenters. The van der Waals surface area contributed by atoms with Gasteiger partial charge in [0.15, 0.2) is 5.82 Å². The van der Waals surface area contributed by atoms with Crippen LogP contribution < -0.4 is 0 Å². The SMILES string of the molecule is Cc1nc(-c2cccc(-c3ccccc3)c2)nc(-n2c3ccccc3c3ccccc32)n1. The summed E-state index contributed by atoms with van der Waals surface area (Å²) in [6.45, 7) is 1.92. The first kappa shape index (κ1) is 18.5. The molecule has 0 aliphatic carbocycles. The highest BCUT2D eigenvalue weighted by Gasteiger charge is 2.15. The molecule has 0 unspecified atom stereocenters. The number of aryl methyl sites for hydroxylation is 1. The predicted molar refractivity (Wildman–Crippen MR) is 130 cm³/mol. The molecule has 0 aliphatic heterocycles. The van der Waals surface area contributed by atoms with E-state index in [1.807, 2.05) is 13.0 Å². The summed E-state index contributed by atoms with van der Waals surface area (Å²) in [7, 11) is 0. The van der Waals surface area contributed by atoms with Gasteiger partial charge < -0.3 is 0 Å². The van der Waals surface area contributed by atoms with E-state index in [4.69, 9.17) is 9.97 Å². The van der Waals surface area contributed by atoms with E-state index in [1.165, 1.54) is 16.3 Å². The summed E-state index contributed by atoms with van der Waals surface area (Å²) in [5, 5.41) is 2.38. The molecule has 4 heteroatoms. The van der Waals surface area contributed by atoms with Crippen molar-refractivity contribution in [3.8, 4) is 28.5 Å². The third-order valence-electron chi connectivity index (χ3n) is 5.74. The summed E-state index contributed by atoms with van der Waals surface area (Å²) < 4.78 is 2.13. The number of aromatic nitrogens is 4. The average molecular weight is 412 g/mol. The highest BCUT2D eigenvalue weighted by atomic mass is 15.2. The summed E-state index contributed by atoms with van der Waals surface area (Å²) >= 11 is 0. The van der Waals surface area contributed by atoms with Crippen LogP contribution >= 0.6 is 0 Å². The molecule has 152 valence electrons. The molecule has 4 aromatic carbocycles. The first-order valence-corrected chi connectivity index (χ1v) is 10.6. The maximum absolute atomic E-state index is 4.92. The molecule has 0 bridgehead atoms. The quantitative estimate of drug-likeness (QED) is 0.328. The summed E-state index contributed by atoms with van der Waals surface area (Å²) in [6, 6.07) is 35.5. The molecule has 2 heterocycles. The molecule has 0 aliphatic rings. The molecular weight excluding hydrogens is 392 g/mol. The van der Waals surface area contributed by atoms with Gasteiger partial charge in [0.2, 0.25) is 5.95 Å². The van der Waals surface area contributed by atoms with E-state index in [2.05, 4.69) is 107 Å². The Bertz CT molecular complexity index is 1530. The maximum atomic E-state index is 4.92. The molecule has 0 N–H and O–H groups in total. The third kappa shape index (κ3) is 3.05. The molecule has 0 fully saturated rings. The van der Waals surface area contributed by atoms with Crippen LogP contribution in [0.2, 0.25) is 0 Å². The van der Waals surface area contributed by atoms with Crippen LogP contribution in [0.4, 0.5) is 0 Å². The first-order chi connectivity index (χ1) is 15.8. The van der Waals surface area contributed by atoms with E-state index in [-0.39, 0.29) is 0 Å². The normalized spacial score (nSPS) is 11.3. The number of para-hydroxylation sites is 2. The molecule has 0 spiro atoms. The van der Waals surface area contributed by atoms with Gasteiger partial charge in [0, 0.05) is 16.3 Å². The lowest BCUT2D eigenvalue weighted by Gasteiger charge is -2.10. The van der Waals surface area contributed by atoms with Crippen molar-refractivity contribution in [3.05, 3.63) is 109 Å². The van der Waals surface area contributed by atoms with E-state index in [0.29, 0.717) is 17.6 Å². The lowest BCUT2D eigenvalue weighted by Crippen LogP contribution is -2.06. The zero-order chi connectivity index (χ0) is 21.5. The van der Waals surface area contributed by atoms with Gasteiger partial charge in [0.25, 0.3) is 0 Å². The maximum Gasteiger partial charge on any atom is 0.238 e. The van der Waals surface area contributed by atoms with Crippen molar-refractivity contribution < 1.29 is 0 Å². The lowest BCUT2D eigenvalue weighted by atomic mass is 10.0. The Kier molecular flexibility index (Phi) is 4.29. The average Bonchev–Trinajstić information content (AvgIpc) is 3.19. The molecule has 0 amide bonds. The Labute approximate surface area is 185 Å². The summed E-state index contributed by atoms with van der Waals surface area (Å²) in [4.78, 5) is 14.3. The van der Waals surface area contributed by atoms with E-state index >= 15 is 0 Å². The Morgan fingerprint density at radius 1 is 0.531 bits per heavy atom. The van der Waals surface area contributed by atoms with E-state index < -0.39 is 0 Å². The zero-order valence-electron chi connectivity index (χ0n) is 17.6. The van der Waals surface area contributed by atoms with Crippen molar-refractivity contribution in [2.75, 3.05) is 0 Å². The highest BCUT2D eigenvalue weighted by molar-refractivity contribution is 6.08. The minimum atomic E-state index is 0.634. The number of nitrogens with zero attached hydrogens (tertiary/aromatic N) is 4. The van der Waals surface area contributed by atoms with Crippen molar-refractivity contribution in [2.24, 2.45) is 0 Å². The fourth-order valence-electron chi connectivity index (χ4n) is 4.30. The first-order valence-electron chi connectivity index (χ1n) is 10.6. The topological polar surface area (TPSA) is 43.6 Å². The lowest BCUT2D eigenvalue weighted by molar-refractivity contribution is 0.907. The molecule has 6 rings (SSSR count). The second-order valence-corrected chi connectivity index (χ2v) is 7.82. The second kappa shape index (κ2) is 7.43. The van der Waals surface area contributed by atoms with Gasteiger partial charge in [-0.3, -0.25) is 4.57 Å². The standard InChI is InChI=1S/C28H20N4/c1-19-29-27(22-13-9-12-21(18-22)20-10-3-2-4-11-20)31-28(30-19)32-25-16-7-5-14-23(25)24-15-6-8-17-26(24)32/h2-18H,1H3. The fraction of sp³-hybridized carbons (Fsp3) is 0.0357.